The van der Waals surface area contributed by atoms with E-state index in [-0.39, 0.29) is 24.4 Å². The average Bonchev–Trinajstić information content (AvgIpc) is 2.45. The third-order valence-corrected chi connectivity index (χ3v) is 3.24. The largest absolute Gasteiger partial charge is 0.481 e. The van der Waals surface area contributed by atoms with Crippen LogP contribution in [0.25, 0.3) is 0 Å². The molecule has 21 heavy (non-hydrogen) atoms. The summed E-state index contributed by atoms with van der Waals surface area (Å²) in [7, 11) is 0. The number of benzene rings is 1. The molecule has 1 amide bonds. The van der Waals surface area contributed by atoms with Crippen molar-refractivity contribution in [2.45, 2.75) is 39.0 Å². The lowest BCUT2D eigenvalue weighted by Gasteiger charge is -2.22. The highest BCUT2D eigenvalue weighted by Gasteiger charge is 2.16. The topological polar surface area (TPSA) is 57.6 Å². The maximum atomic E-state index is 13.2. The van der Waals surface area contributed by atoms with Gasteiger partial charge in [-0.1, -0.05) is 32.3 Å². The molecule has 4 nitrogen and oxygen atoms in total. The van der Waals surface area contributed by atoms with Gasteiger partial charge in [-0.2, -0.15) is 0 Å². The third kappa shape index (κ3) is 6.38. The zero-order valence-corrected chi connectivity index (χ0v) is 12.3. The molecule has 1 N–H and O–H groups in total. The fourth-order valence-electron chi connectivity index (χ4n) is 2.08. The third-order valence-electron chi connectivity index (χ3n) is 3.24. The average molecular weight is 295 g/mol. The SMILES string of the molecule is CCCCCCN(CCC(=O)O)C(=O)c1cccc(F)c1. The van der Waals surface area contributed by atoms with Gasteiger partial charge in [0.1, 0.15) is 5.82 Å². The lowest BCUT2D eigenvalue weighted by molar-refractivity contribution is -0.137. The number of rotatable bonds is 9. The molecule has 0 saturated heterocycles. The first-order valence-electron chi connectivity index (χ1n) is 7.31. The molecule has 0 aliphatic carbocycles. The highest BCUT2D eigenvalue weighted by molar-refractivity contribution is 5.94. The molecule has 0 aliphatic rings. The number of hydrogen-bond donors (Lipinski definition) is 1. The maximum absolute atomic E-state index is 13.2. The highest BCUT2D eigenvalue weighted by atomic mass is 19.1. The van der Waals surface area contributed by atoms with Crippen molar-refractivity contribution in [3.05, 3.63) is 35.6 Å². The van der Waals surface area contributed by atoms with Crippen LogP contribution in [0.2, 0.25) is 0 Å². The quantitative estimate of drug-likeness (QED) is 0.711. The van der Waals surface area contributed by atoms with E-state index in [9.17, 15) is 14.0 Å². The predicted octanol–water partition coefficient (Wildman–Crippen LogP) is 3.32. The molecular weight excluding hydrogens is 273 g/mol. The molecule has 1 aromatic carbocycles. The Morgan fingerprint density at radius 3 is 2.57 bits per heavy atom. The lowest BCUT2D eigenvalue weighted by Crippen LogP contribution is -2.34. The number of aliphatic carboxylic acids is 1. The van der Waals surface area contributed by atoms with E-state index in [0.717, 1.165) is 25.7 Å². The Bertz CT molecular complexity index is 476. The van der Waals surface area contributed by atoms with Gasteiger partial charge in [-0.15, -0.1) is 0 Å². The highest BCUT2D eigenvalue weighted by Crippen LogP contribution is 2.10. The fourth-order valence-corrected chi connectivity index (χ4v) is 2.08. The van der Waals surface area contributed by atoms with Crippen molar-refractivity contribution in [3.63, 3.8) is 0 Å². The zero-order chi connectivity index (χ0) is 15.7. The molecule has 0 bridgehead atoms. The molecule has 0 radical (unpaired) electrons. The molecule has 0 saturated carbocycles. The molecule has 0 aromatic heterocycles. The normalized spacial score (nSPS) is 10.4. The van der Waals surface area contributed by atoms with Crippen LogP contribution in [0.5, 0.6) is 0 Å². The van der Waals surface area contributed by atoms with Gasteiger partial charge in [0.05, 0.1) is 6.42 Å². The van der Waals surface area contributed by atoms with E-state index in [2.05, 4.69) is 6.92 Å². The first kappa shape index (κ1) is 17.1. The Labute approximate surface area is 124 Å². The van der Waals surface area contributed by atoms with Crippen LogP contribution < -0.4 is 0 Å². The van der Waals surface area contributed by atoms with Gasteiger partial charge >= 0.3 is 5.97 Å². The van der Waals surface area contributed by atoms with Crippen molar-refractivity contribution < 1.29 is 19.1 Å². The van der Waals surface area contributed by atoms with Crippen LogP contribution in [0.15, 0.2) is 24.3 Å². The van der Waals surface area contributed by atoms with Crippen molar-refractivity contribution in [2.75, 3.05) is 13.1 Å². The van der Waals surface area contributed by atoms with Gasteiger partial charge in [0.2, 0.25) is 0 Å². The van der Waals surface area contributed by atoms with E-state index < -0.39 is 11.8 Å². The summed E-state index contributed by atoms with van der Waals surface area (Å²) in [5.41, 5.74) is 0.260. The Morgan fingerprint density at radius 2 is 1.95 bits per heavy atom. The van der Waals surface area contributed by atoms with E-state index in [1.807, 2.05) is 0 Å². The number of carboxylic acid groups (broad SMARTS) is 1. The van der Waals surface area contributed by atoms with Crippen LogP contribution in [0.4, 0.5) is 4.39 Å². The van der Waals surface area contributed by atoms with Crippen LogP contribution in [0.3, 0.4) is 0 Å². The van der Waals surface area contributed by atoms with Gasteiger partial charge in [0, 0.05) is 18.7 Å². The molecule has 0 unspecified atom stereocenters. The second-order valence-electron chi connectivity index (χ2n) is 5.01. The predicted molar refractivity (Wildman–Crippen MR) is 78.7 cm³/mol. The second kappa shape index (κ2) is 9.10. The fraction of sp³-hybridized carbons (Fsp3) is 0.500. The molecule has 0 fully saturated rings. The van der Waals surface area contributed by atoms with Crippen molar-refractivity contribution >= 4 is 11.9 Å². The molecule has 5 heteroatoms. The number of hydrogen-bond acceptors (Lipinski definition) is 2. The standard InChI is InChI=1S/C16H22FNO3/c1-2-3-4-5-10-18(11-9-15(19)20)16(21)13-7-6-8-14(17)12-13/h6-8,12H,2-5,9-11H2,1H3,(H,19,20). The molecule has 1 rings (SSSR count). The van der Waals surface area contributed by atoms with Gasteiger partial charge in [0.15, 0.2) is 0 Å². The van der Waals surface area contributed by atoms with Crippen LogP contribution in [0, 0.1) is 5.82 Å². The summed E-state index contributed by atoms with van der Waals surface area (Å²) in [5, 5.41) is 8.77. The number of nitrogens with zero attached hydrogens (tertiary/aromatic N) is 1. The van der Waals surface area contributed by atoms with Gasteiger partial charge in [-0.25, -0.2) is 4.39 Å². The lowest BCUT2D eigenvalue weighted by atomic mass is 10.1. The maximum Gasteiger partial charge on any atom is 0.305 e. The van der Waals surface area contributed by atoms with E-state index in [1.54, 1.807) is 6.07 Å². The van der Waals surface area contributed by atoms with Crippen LogP contribution >= 0.6 is 0 Å². The van der Waals surface area contributed by atoms with Gasteiger partial charge in [0.25, 0.3) is 5.91 Å². The monoisotopic (exact) mass is 295 g/mol. The zero-order valence-electron chi connectivity index (χ0n) is 12.3. The van der Waals surface area contributed by atoms with Crippen molar-refractivity contribution in [3.8, 4) is 0 Å². The minimum Gasteiger partial charge on any atom is -0.481 e. The minimum atomic E-state index is -0.944. The van der Waals surface area contributed by atoms with Crippen molar-refractivity contribution in [1.29, 1.82) is 0 Å². The summed E-state index contributed by atoms with van der Waals surface area (Å²) < 4.78 is 13.2. The smallest absolute Gasteiger partial charge is 0.305 e. The summed E-state index contributed by atoms with van der Waals surface area (Å²) in [5.74, 6) is -1.72. The number of carboxylic acids is 1. The van der Waals surface area contributed by atoms with Crippen molar-refractivity contribution in [1.82, 2.24) is 4.90 Å². The Kier molecular flexibility index (Phi) is 7.43. The number of halogens is 1. The van der Waals surface area contributed by atoms with Gasteiger partial charge in [-0.05, 0) is 24.6 Å². The number of carbonyl (C=O) groups is 2. The van der Waals surface area contributed by atoms with E-state index >= 15 is 0 Å². The molecule has 116 valence electrons. The van der Waals surface area contributed by atoms with Crippen LogP contribution in [-0.2, 0) is 4.79 Å². The van der Waals surface area contributed by atoms with E-state index in [1.165, 1.54) is 23.1 Å². The first-order valence-corrected chi connectivity index (χ1v) is 7.31. The number of amides is 1. The van der Waals surface area contributed by atoms with Crippen LogP contribution in [0.1, 0.15) is 49.4 Å². The summed E-state index contributed by atoms with van der Waals surface area (Å²) in [6.45, 7) is 2.75. The number of unbranched alkanes of at least 4 members (excludes halogenated alkanes) is 3. The summed E-state index contributed by atoms with van der Waals surface area (Å²) >= 11 is 0. The van der Waals surface area contributed by atoms with Crippen molar-refractivity contribution in [2.24, 2.45) is 0 Å². The van der Waals surface area contributed by atoms with E-state index in [0.29, 0.717) is 6.54 Å². The first-order chi connectivity index (χ1) is 10.0. The summed E-state index contributed by atoms with van der Waals surface area (Å²) in [6, 6.07) is 5.49. The molecule has 1 aromatic rings. The minimum absolute atomic E-state index is 0.102. The van der Waals surface area contributed by atoms with E-state index in [4.69, 9.17) is 5.11 Å². The van der Waals surface area contributed by atoms with Crippen LogP contribution in [-0.4, -0.2) is 35.0 Å². The Hall–Kier alpha value is -1.91. The molecule has 0 atom stereocenters. The van der Waals surface area contributed by atoms with Gasteiger partial charge in [-0.3, -0.25) is 9.59 Å². The molecule has 0 heterocycles. The molecule has 0 spiro atoms. The Morgan fingerprint density at radius 1 is 1.19 bits per heavy atom. The van der Waals surface area contributed by atoms with Gasteiger partial charge < -0.3 is 10.0 Å². The second-order valence-corrected chi connectivity index (χ2v) is 5.01. The molecular formula is C16H22FNO3. The molecule has 0 aliphatic heterocycles. The summed E-state index contributed by atoms with van der Waals surface area (Å²) in [4.78, 5) is 24.5. The summed E-state index contributed by atoms with van der Waals surface area (Å²) in [6.07, 6.45) is 3.90. The number of carbonyl (C=O) groups excluding carboxylic acids is 1. The Balaban J connectivity index is 2.69.